The number of nitrogens with zero attached hydrogens (tertiary/aromatic N) is 1. The van der Waals surface area contributed by atoms with Gasteiger partial charge < -0.3 is 11.1 Å². The van der Waals surface area contributed by atoms with Crippen molar-refractivity contribution in [3.8, 4) is 0 Å². The third-order valence-electron chi connectivity index (χ3n) is 4.70. The first-order chi connectivity index (χ1) is 11.7. The molecule has 0 aliphatic carbocycles. The van der Waals surface area contributed by atoms with Gasteiger partial charge in [-0.2, -0.15) is 0 Å². The molecular weight excluding hydrogens is 298 g/mol. The van der Waals surface area contributed by atoms with Gasteiger partial charge in [-0.3, -0.25) is 9.69 Å². The van der Waals surface area contributed by atoms with Crippen LogP contribution in [0.1, 0.15) is 24.0 Å². The van der Waals surface area contributed by atoms with Crippen molar-refractivity contribution < 1.29 is 4.79 Å². The summed E-state index contributed by atoms with van der Waals surface area (Å²) in [5.41, 5.74) is 9.47. The number of rotatable bonds is 5. The minimum Gasteiger partial charge on any atom is -0.330 e. The number of hydrogen-bond donors (Lipinski definition) is 2. The van der Waals surface area contributed by atoms with Crippen molar-refractivity contribution >= 4 is 11.6 Å². The second-order valence-electron chi connectivity index (χ2n) is 6.59. The summed E-state index contributed by atoms with van der Waals surface area (Å²) in [6.07, 6.45) is 0. The van der Waals surface area contributed by atoms with Crippen LogP contribution in [-0.4, -0.2) is 30.4 Å². The highest BCUT2D eigenvalue weighted by atomic mass is 16.1. The monoisotopic (exact) mass is 323 g/mol. The minimum atomic E-state index is -0.0411. The van der Waals surface area contributed by atoms with Gasteiger partial charge >= 0.3 is 0 Å². The molecule has 0 bridgehead atoms. The summed E-state index contributed by atoms with van der Waals surface area (Å²) < 4.78 is 0. The van der Waals surface area contributed by atoms with E-state index >= 15 is 0 Å². The van der Waals surface area contributed by atoms with Crippen LogP contribution in [0.2, 0.25) is 0 Å². The number of nitrogens with one attached hydrogen (secondary N) is 1. The summed E-state index contributed by atoms with van der Waals surface area (Å²) in [5, 5.41) is 2.85. The molecule has 2 aromatic carbocycles. The molecule has 4 heteroatoms. The Hall–Kier alpha value is -2.17. The molecule has 126 valence electrons. The molecule has 4 nitrogen and oxygen atoms in total. The van der Waals surface area contributed by atoms with Crippen LogP contribution in [0.3, 0.4) is 0 Å². The molecule has 0 aromatic heterocycles. The summed E-state index contributed by atoms with van der Waals surface area (Å²) in [5.74, 6) is 0.946. The lowest BCUT2D eigenvalue weighted by molar-refractivity contribution is -0.114. The summed E-state index contributed by atoms with van der Waals surface area (Å²) in [6, 6.07) is 18.7. The van der Waals surface area contributed by atoms with Crippen LogP contribution in [0.5, 0.6) is 0 Å². The van der Waals surface area contributed by atoms with Gasteiger partial charge in [0.1, 0.15) is 0 Å². The molecule has 2 aromatic rings. The molecule has 1 saturated heterocycles. The molecule has 0 saturated carbocycles. The average Bonchev–Trinajstić information content (AvgIpc) is 2.98. The smallest absolute Gasteiger partial charge is 0.221 e. The number of amides is 1. The summed E-state index contributed by atoms with van der Waals surface area (Å²) in [6.45, 7) is 5.16. The first-order valence-corrected chi connectivity index (χ1v) is 8.49. The predicted molar refractivity (Wildman–Crippen MR) is 97.8 cm³/mol. The maximum absolute atomic E-state index is 11.2. The van der Waals surface area contributed by atoms with Crippen LogP contribution in [-0.2, 0) is 11.3 Å². The van der Waals surface area contributed by atoms with Crippen LogP contribution < -0.4 is 11.1 Å². The van der Waals surface area contributed by atoms with Crippen LogP contribution >= 0.6 is 0 Å². The lowest BCUT2D eigenvalue weighted by atomic mass is 9.89. The number of nitrogens with two attached hydrogens (primary N) is 1. The van der Waals surface area contributed by atoms with Gasteiger partial charge in [-0.1, -0.05) is 42.5 Å². The maximum Gasteiger partial charge on any atom is 0.221 e. The quantitative estimate of drug-likeness (QED) is 0.889. The highest BCUT2D eigenvalue weighted by Crippen LogP contribution is 2.32. The summed E-state index contributed by atoms with van der Waals surface area (Å²) >= 11 is 0. The summed E-state index contributed by atoms with van der Waals surface area (Å²) in [4.78, 5) is 13.7. The molecule has 1 amide bonds. The average molecular weight is 323 g/mol. The van der Waals surface area contributed by atoms with Crippen molar-refractivity contribution in [2.24, 2.45) is 11.7 Å². The van der Waals surface area contributed by atoms with Crippen molar-refractivity contribution in [2.75, 3.05) is 25.0 Å². The van der Waals surface area contributed by atoms with Crippen molar-refractivity contribution in [1.29, 1.82) is 0 Å². The van der Waals surface area contributed by atoms with E-state index in [-0.39, 0.29) is 5.91 Å². The normalized spacial score (nSPS) is 20.9. The van der Waals surface area contributed by atoms with Gasteiger partial charge in [0.15, 0.2) is 0 Å². The van der Waals surface area contributed by atoms with Crippen molar-refractivity contribution in [1.82, 2.24) is 4.90 Å². The highest BCUT2D eigenvalue weighted by molar-refractivity contribution is 5.88. The van der Waals surface area contributed by atoms with Gasteiger partial charge in [0.2, 0.25) is 5.91 Å². The van der Waals surface area contributed by atoms with E-state index < -0.39 is 0 Å². The molecule has 1 aliphatic heterocycles. The Balaban J connectivity index is 1.69. The third kappa shape index (κ3) is 4.02. The maximum atomic E-state index is 11.2. The van der Waals surface area contributed by atoms with Gasteiger partial charge in [-0.15, -0.1) is 0 Å². The molecule has 1 heterocycles. The van der Waals surface area contributed by atoms with E-state index in [1.807, 2.05) is 12.1 Å². The highest BCUT2D eigenvalue weighted by Gasteiger charge is 2.32. The van der Waals surface area contributed by atoms with E-state index in [9.17, 15) is 4.79 Å². The Morgan fingerprint density at radius 1 is 1.17 bits per heavy atom. The van der Waals surface area contributed by atoms with E-state index in [1.54, 1.807) is 0 Å². The minimum absolute atomic E-state index is 0.0411. The zero-order valence-corrected chi connectivity index (χ0v) is 14.1. The standard InChI is InChI=1S/C20H25N3O/c1-15(24)22-19-9-5-6-16(10-19)12-23-13-18(11-21)20(14-23)17-7-3-2-4-8-17/h2-10,18,20H,11-14,21H2,1H3,(H,22,24)/t18-,20+/m1/s1. The van der Waals surface area contributed by atoms with Gasteiger partial charge in [-0.25, -0.2) is 0 Å². The first-order valence-electron chi connectivity index (χ1n) is 8.49. The van der Waals surface area contributed by atoms with Crippen LogP contribution in [0.15, 0.2) is 54.6 Å². The Morgan fingerprint density at radius 2 is 1.96 bits per heavy atom. The molecular formula is C20H25N3O. The predicted octanol–water partition coefficient (Wildman–Crippen LogP) is 2.82. The second-order valence-corrected chi connectivity index (χ2v) is 6.59. The van der Waals surface area contributed by atoms with Gasteiger partial charge in [0, 0.05) is 38.2 Å². The van der Waals surface area contributed by atoms with E-state index in [1.165, 1.54) is 18.1 Å². The molecule has 0 spiro atoms. The summed E-state index contributed by atoms with van der Waals surface area (Å²) in [7, 11) is 0. The Kier molecular flexibility index (Phi) is 5.28. The first kappa shape index (κ1) is 16.7. The van der Waals surface area contributed by atoms with Crippen molar-refractivity contribution in [3.05, 3.63) is 65.7 Å². The van der Waals surface area contributed by atoms with E-state index in [4.69, 9.17) is 5.73 Å². The van der Waals surface area contributed by atoms with E-state index in [2.05, 4.69) is 52.7 Å². The Labute approximate surface area is 143 Å². The zero-order chi connectivity index (χ0) is 16.9. The third-order valence-corrected chi connectivity index (χ3v) is 4.70. The fraction of sp³-hybridized carbons (Fsp3) is 0.350. The SMILES string of the molecule is CC(=O)Nc1cccc(CN2C[C@@H](CN)[C@H](c3ccccc3)C2)c1. The lowest BCUT2D eigenvalue weighted by Gasteiger charge is -2.17. The molecule has 3 rings (SSSR count). The fourth-order valence-electron chi connectivity index (χ4n) is 3.62. The van der Waals surface area contributed by atoms with Gasteiger partial charge in [0.25, 0.3) is 0 Å². The topological polar surface area (TPSA) is 58.4 Å². The molecule has 1 fully saturated rings. The molecule has 0 radical (unpaired) electrons. The van der Waals surface area contributed by atoms with Gasteiger partial charge in [-0.05, 0) is 35.7 Å². The molecule has 0 unspecified atom stereocenters. The zero-order valence-electron chi connectivity index (χ0n) is 14.1. The number of hydrogen-bond acceptors (Lipinski definition) is 3. The van der Waals surface area contributed by atoms with Crippen LogP contribution in [0.25, 0.3) is 0 Å². The molecule has 24 heavy (non-hydrogen) atoms. The van der Waals surface area contributed by atoms with Crippen LogP contribution in [0, 0.1) is 5.92 Å². The van der Waals surface area contributed by atoms with E-state index in [0.29, 0.717) is 18.4 Å². The van der Waals surface area contributed by atoms with Gasteiger partial charge in [0.05, 0.1) is 0 Å². The van der Waals surface area contributed by atoms with Crippen molar-refractivity contribution in [3.63, 3.8) is 0 Å². The molecule has 2 atom stereocenters. The largest absolute Gasteiger partial charge is 0.330 e. The number of benzene rings is 2. The van der Waals surface area contributed by atoms with Crippen LogP contribution in [0.4, 0.5) is 5.69 Å². The number of carbonyl (C=O) groups is 1. The number of likely N-dealkylation sites (tertiary alicyclic amines) is 1. The Morgan fingerprint density at radius 3 is 2.67 bits per heavy atom. The molecule has 3 N–H and O–H groups in total. The Bertz CT molecular complexity index is 686. The lowest BCUT2D eigenvalue weighted by Crippen LogP contribution is -2.23. The molecule has 1 aliphatic rings. The number of carbonyl (C=O) groups excluding carboxylic acids is 1. The number of anilines is 1. The van der Waals surface area contributed by atoms with Crippen molar-refractivity contribution in [2.45, 2.75) is 19.4 Å². The fourth-order valence-corrected chi connectivity index (χ4v) is 3.62. The second kappa shape index (κ2) is 7.60. The van der Waals surface area contributed by atoms with E-state index in [0.717, 1.165) is 25.3 Å².